The lowest BCUT2D eigenvalue weighted by Gasteiger charge is -2.06. The van der Waals surface area contributed by atoms with Gasteiger partial charge in [-0.3, -0.25) is 4.79 Å². The first-order valence-electron chi connectivity index (χ1n) is 6.53. The predicted molar refractivity (Wildman–Crippen MR) is 85.3 cm³/mol. The van der Waals surface area contributed by atoms with Gasteiger partial charge in [0, 0.05) is 0 Å². The summed E-state index contributed by atoms with van der Waals surface area (Å²) in [6, 6.07) is 14.4. The van der Waals surface area contributed by atoms with Gasteiger partial charge >= 0.3 is 0 Å². The largest absolute Gasteiger partial charge is 0.288 e. The molecule has 3 rings (SSSR count). The van der Waals surface area contributed by atoms with Crippen LogP contribution < -0.4 is 5.43 Å². The average Bonchev–Trinajstić information content (AvgIpc) is 2.44. The van der Waals surface area contributed by atoms with Gasteiger partial charge in [-0.25, -0.2) is 0 Å². The topological polar surface area (TPSA) is 17.1 Å². The first kappa shape index (κ1) is 12.4. The molecule has 0 fully saturated rings. The van der Waals surface area contributed by atoms with Crippen molar-refractivity contribution >= 4 is 30.6 Å². The van der Waals surface area contributed by atoms with Gasteiger partial charge in [-0.05, 0) is 46.2 Å². The molecule has 1 atom stereocenters. The van der Waals surface area contributed by atoms with Crippen molar-refractivity contribution in [2.45, 2.75) is 19.8 Å². The van der Waals surface area contributed by atoms with Crippen molar-refractivity contribution in [1.82, 2.24) is 0 Å². The zero-order chi connectivity index (χ0) is 13.6. The number of aryl methyl sites for hydroxylation is 1. The minimum Gasteiger partial charge on any atom is -0.288 e. The van der Waals surface area contributed by atoms with E-state index in [1.165, 1.54) is 15.0 Å². The van der Waals surface area contributed by atoms with E-state index in [0.29, 0.717) is 5.92 Å². The lowest BCUT2D eigenvalue weighted by Crippen LogP contribution is -2.03. The predicted octanol–water partition coefficient (Wildman–Crippen LogP) is 4.76. The fourth-order valence-corrected chi connectivity index (χ4v) is 4.30. The molecule has 0 saturated carbocycles. The maximum absolute atomic E-state index is 12.6. The molecule has 0 saturated heterocycles. The van der Waals surface area contributed by atoms with Crippen LogP contribution in [0.2, 0.25) is 0 Å². The SMILES string of the molecule is CC(C)c1ccc2c(c1)c(=O)c1ccccc1[s+]2C. The number of rotatable bonds is 1. The summed E-state index contributed by atoms with van der Waals surface area (Å²) in [5.74, 6) is 0.453. The Hall–Kier alpha value is -1.67. The van der Waals surface area contributed by atoms with Crippen LogP contribution in [0.5, 0.6) is 0 Å². The highest BCUT2D eigenvalue weighted by Gasteiger charge is 2.17. The summed E-state index contributed by atoms with van der Waals surface area (Å²) in [6.45, 7) is 4.32. The number of hydrogen-bond acceptors (Lipinski definition) is 1. The van der Waals surface area contributed by atoms with Crippen LogP contribution in [0, 0.1) is 0 Å². The van der Waals surface area contributed by atoms with E-state index in [9.17, 15) is 4.79 Å². The van der Waals surface area contributed by atoms with Gasteiger partial charge in [0.15, 0.2) is 9.40 Å². The van der Waals surface area contributed by atoms with Gasteiger partial charge in [-0.15, -0.1) is 0 Å². The van der Waals surface area contributed by atoms with E-state index in [1.54, 1.807) is 0 Å². The summed E-state index contributed by atoms with van der Waals surface area (Å²) < 4.78 is 2.37. The lowest BCUT2D eigenvalue weighted by atomic mass is 10.0. The van der Waals surface area contributed by atoms with Crippen molar-refractivity contribution in [3.05, 3.63) is 58.3 Å². The molecule has 3 aromatic rings. The molecule has 19 heavy (non-hydrogen) atoms. The summed E-state index contributed by atoms with van der Waals surface area (Å²) in [5.41, 5.74) is 1.42. The molecule has 0 aliphatic rings. The van der Waals surface area contributed by atoms with E-state index in [0.717, 1.165) is 10.8 Å². The van der Waals surface area contributed by atoms with Gasteiger partial charge in [0.05, 0.1) is 10.8 Å². The van der Waals surface area contributed by atoms with E-state index in [-0.39, 0.29) is 15.9 Å². The maximum atomic E-state index is 12.6. The molecule has 0 spiro atoms. The third kappa shape index (κ3) is 1.87. The van der Waals surface area contributed by atoms with Gasteiger partial charge < -0.3 is 0 Å². The van der Waals surface area contributed by atoms with Gasteiger partial charge in [-0.2, -0.15) is 0 Å². The van der Waals surface area contributed by atoms with Crippen molar-refractivity contribution in [2.24, 2.45) is 6.26 Å². The molecule has 2 aromatic carbocycles. The molecule has 0 N–H and O–H groups in total. The zero-order valence-corrected chi connectivity index (χ0v) is 12.3. The lowest BCUT2D eigenvalue weighted by molar-refractivity contribution is 0.869. The molecular weight excluding hydrogens is 252 g/mol. The van der Waals surface area contributed by atoms with E-state index < -0.39 is 0 Å². The molecule has 0 bridgehead atoms. The van der Waals surface area contributed by atoms with Crippen LogP contribution in [0.25, 0.3) is 20.2 Å². The summed E-state index contributed by atoms with van der Waals surface area (Å²) in [4.78, 5) is 12.6. The van der Waals surface area contributed by atoms with Crippen molar-refractivity contribution in [3.63, 3.8) is 0 Å². The first-order chi connectivity index (χ1) is 9.09. The standard InChI is InChI=1S/C17H17OS/c1-11(2)12-8-9-16-14(10-12)17(18)13-6-4-5-7-15(13)19(16)3/h4-11H,1-3H3/q+1. The van der Waals surface area contributed by atoms with Gasteiger partial charge in [0.2, 0.25) is 5.43 Å². The second kappa shape index (κ2) is 4.46. The van der Waals surface area contributed by atoms with Crippen LogP contribution in [-0.2, 0) is 6.26 Å². The normalized spacial score (nSPS) is 12.5. The summed E-state index contributed by atoms with van der Waals surface area (Å²) in [6.07, 6.45) is 2.21. The van der Waals surface area contributed by atoms with E-state index in [2.05, 4.69) is 44.4 Å². The van der Waals surface area contributed by atoms with Crippen LogP contribution in [0.15, 0.2) is 47.3 Å². The minimum atomic E-state index is -0.00310. The van der Waals surface area contributed by atoms with Crippen molar-refractivity contribution in [3.8, 4) is 0 Å². The molecule has 96 valence electrons. The smallest absolute Gasteiger partial charge is 0.203 e. The van der Waals surface area contributed by atoms with Crippen LogP contribution in [0.3, 0.4) is 0 Å². The van der Waals surface area contributed by atoms with Crippen molar-refractivity contribution < 1.29 is 0 Å². The molecule has 0 aliphatic carbocycles. The average molecular weight is 269 g/mol. The molecule has 0 aliphatic heterocycles. The van der Waals surface area contributed by atoms with Crippen LogP contribution >= 0.6 is 10.5 Å². The van der Waals surface area contributed by atoms with Gasteiger partial charge in [-0.1, -0.05) is 32.0 Å². The summed E-state index contributed by atoms with van der Waals surface area (Å²) in [7, 11) is -0.00310. The maximum Gasteiger partial charge on any atom is 0.203 e. The van der Waals surface area contributed by atoms with Crippen LogP contribution in [0.4, 0.5) is 0 Å². The van der Waals surface area contributed by atoms with Crippen LogP contribution in [-0.4, -0.2) is 0 Å². The summed E-state index contributed by atoms with van der Waals surface area (Å²) in [5, 5.41) is 1.78. The molecule has 2 heteroatoms. The highest BCUT2D eigenvalue weighted by molar-refractivity contribution is 7.40. The number of benzene rings is 2. The highest BCUT2D eigenvalue weighted by atomic mass is 32.2. The number of hydrogen-bond donors (Lipinski definition) is 0. The third-order valence-corrected chi connectivity index (χ3v) is 5.74. The highest BCUT2D eigenvalue weighted by Crippen LogP contribution is 2.34. The number of fused-ring (bicyclic) bond motifs is 2. The van der Waals surface area contributed by atoms with Crippen molar-refractivity contribution in [2.75, 3.05) is 0 Å². The van der Waals surface area contributed by atoms with E-state index in [1.807, 2.05) is 18.2 Å². The Morgan fingerprint density at radius 3 is 2.37 bits per heavy atom. The Balaban J connectivity index is 2.53. The van der Waals surface area contributed by atoms with Gasteiger partial charge in [0.25, 0.3) is 0 Å². The molecule has 1 heterocycles. The Morgan fingerprint density at radius 2 is 1.63 bits per heavy atom. The molecule has 1 nitrogen and oxygen atoms in total. The molecule has 0 radical (unpaired) electrons. The van der Waals surface area contributed by atoms with Crippen molar-refractivity contribution in [1.29, 1.82) is 0 Å². The van der Waals surface area contributed by atoms with E-state index in [4.69, 9.17) is 0 Å². The van der Waals surface area contributed by atoms with Gasteiger partial charge in [0.1, 0.15) is 6.26 Å². The molecule has 0 amide bonds. The Labute approximate surface area is 115 Å². The summed E-state index contributed by atoms with van der Waals surface area (Å²) >= 11 is 0. The second-order valence-corrected chi connectivity index (χ2v) is 7.15. The Bertz CT molecular complexity index is 828. The molecular formula is C17H17OS+. The Morgan fingerprint density at radius 1 is 0.947 bits per heavy atom. The fraction of sp³-hybridized carbons (Fsp3) is 0.235. The quantitative estimate of drug-likeness (QED) is 0.459. The van der Waals surface area contributed by atoms with Crippen LogP contribution in [0.1, 0.15) is 25.3 Å². The molecule has 1 unspecified atom stereocenters. The fourth-order valence-electron chi connectivity index (χ4n) is 2.54. The van der Waals surface area contributed by atoms with E-state index >= 15 is 0 Å². The second-order valence-electron chi connectivity index (χ2n) is 5.25. The Kier molecular flexibility index (Phi) is 2.90. The third-order valence-electron chi connectivity index (χ3n) is 3.71. The molecule has 1 aromatic heterocycles. The monoisotopic (exact) mass is 269 g/mol. The minimum absolute atomic E-state index is 0.00310. The first-order valence-corrected chi connectivity index (χ1v) is 8.16. The zero-order valence-electron chi connectivity index (χ0n) is 11.4.